The molecule has 1 heterocycles. The minimum Gasteiger partial charge on any atom is -0.389 e. The van der Waals surface area contributed by atoms with Crippen LogP contribution in [0.5, 0.6) is 0 Å². The van der Waals surface area contributed by atoms with E-state index in [1.54, 1.807) is 19.9 Å². The predicted octanol–water partition coefficient (Wildman–Crippen LogP) is 1.02. The first-order valence-corrected chi connectivity index (χ1v) is 6.26. The van der Waals surface area contributed by atoms with Crippen LogP contribution in [-0.2, 0) is 0 Å². The molecule has 0 aromatic carbocycles. The molecule has 0 amide bonds. The molecule has 0 saturated carbocycles. The Kier molecular flexibility index (Phi) is 4.59. The van der Waals surface area contributed by atoms with Gasteiger partial charge in [0.05, 0.1) is 5.60 Å². The monoisotopic (exact) mass is 268 g/mol. The molecule has 0 saturated heterocycles. The summed E-state index contributed by atoms with van der Waals surface area (Å²) in [7, 11) is 0. The largest absolute Gasteiger partial charge is 0.389 e. The molecule has 0 aliphatic rings. The number of aliphatic hydroxyl groups is 1. The molecular weight excluding hydrogens is 248 g/mol. The van der Waals surface area contributed by atoms with Crippen LogP contribution in [0, 0.1) is 6.92 Å². The van der Waals surface area contributed by atoms with E-state index < -0.39 is 5.60 Å². The van der Waals surface area contributed by atoms with Gasteiger partial charge in [0.25, 0.3) is 0 Å². The van der Waals surface area contributed by atoms with Gasteiger partial charge in [0.2, 0.25) is 5.95 Å². The number of nitrogens with two attached hydrogens (primary N) is 1. The summed E-state index contributed by atoms with van der Waals surface area (Å²) in [5.41, 5.74) is 6.14. The van der Waals surface area contributed by atoms with E-state index in [1.807, 2.05) is 18.7 Å². The van der Waals surface area contributed by atoms with Crippen molar-refractivity contribution < 1.29 is 5.11 Å². The quantitative estimate of drug-likeness (QED) is 0.777. The fourth-order valence-corrected chi connectivity index (χ4v) is 1.72. The summed E-state index contributed by atoms with van der Waals surface area (Å²) in [6.07, 6.45) is 0. The van der Waals surface area contributed by atoms with Crippen LogP contribution in [0.2, 0.25) is 0 Å². The van der Waals surface area contributed by atoms with E-state index in [4.69, 9.17) is 18.0 Å². The first-order chi connectivity index (χ1) is 8.23. The van der Waals surface area contributed by atoms with E-state index in [0.29, 0.717) is 24.7 Å². The molecule has 0 atom stereocenters. The first-order valence-electron chi connectivity index (χ1n) is 5.85. The Bertz CT molecular complexity index is 442. The molecule has 0 bridgehead atoms. The lowest BCUT2D eigenvalue weighted by molar-refractivity contribution is 0.0872. The Balaban J connectivity index is 3.09. The molecule has 18 heavy (non-hydrogen) atoms. The molecule has 1 rings (SSSR count). The molecule has 1 aromatic heterocycles. The maximum absolute atomic E-state index is 9.88. The minimum absolute atomic E-state index is 0.251. The minimum atomic E-state index is -0.813. The number of anilines is 1. The van der Waals surface area contributed by atoms with Gasteiger partial charge in [0.1, 0.15) is 10.7 Å². The van der Waals surface area contributed by atoms with Gasteiger partial charge in [-0.3, -0.25) is 0 Å². The Labute approximate surface area is 113 Å². The van der Waals surface area contributed by atoms with Crippen molar-refractivity contribution in [2.75, 3.05) is 18.0 Å². The Morgan fingerprint density at radius 3 is 2.56 bits per heavy atom. The van der Waals surface area contributed by atoms with Crippen LogP contribution in [0.25, 0.3) is 0 Å². The van der Waals surface area contributed by atoms with Crippen molar-refractivity contribution >= 4 is 23.2 Å². The molecule has 0 radical (unpaired) electrons. The van der Waals surface area contributed by atoms with Crippen molar-refractivity contribution in [3.8, 4) is 0 Å². The molecular formula is C12H20N4OS. The number of likely N-dealkylation sites (N-methyl/N-ethyl adjacent to an activating group) is 1. The van der Waals surface area contributed by atoms with Crippen LogP contribution in [0.15, 0.2) is 6.07 Å². The molecule has 1 aromatic rings. The van der Waals surface area contributed by atoms with Gasteiger partial charge in [-0.1, -0.05) is 12.2 Å². The fraction of sp³-hybridized carbons (Fsp3) is 0.583. The summed E-state index contributed by atoms with van der Waals surface area (Å²) >= 11 is 4.93. The van der Waals surface area contributed by atoms with Crippen molar-refractivity contribution in [1.82, 2.24) is 9.97 Å². The van der Waals surface area contributed by atoms with Gasteiger partial charge in [0, 0.05) is 18.8 Å². The number of hydrogen-bond donors (Lipinski definition) is 2. The van der Waals surface area contributed by atoms with E-state index in [9.17, 15) is 5.11 Å². The smallest absolute Gasteiger partial charge is 0.226 e. The van der Waals surface area contributed by atoms with E-state index in [2.05, 4.69) is 9.97 Å². The maximum atomic E-state index is 9.88. The molecule has 0 spiro atoms. The predicted molar refractivity (Wildman–Crippen MR) is 76.8 cm³/mol. The van der Waals surface area contributed by atoms with Crippen LogP contribution in [0.4, 0.5) is 5.95 Å². The molecule has 3 N–H and O–H groups in total. The molecule has 0 aliphatic carbocycles. The fourth-order valence-electron chi connectivity index (χ4n) is 1.61. The van der Waals surface area contributed by atoms with Crippen molar-refractivity contribution in [3.05, 3.63) is 17.5 Å². The number of hydrogen-bond acceptors (Lipinski definition) is 5. The van der Waals surface area contributed by atoms with Crippen LogP contribution < -0.4 is 10.6 Å². The SMILES string of the molecule is CCN(CC(C)(C)O)c1nc(C)cc(C(N)=S)n1. The topological polar surface area (TPSA) is 75.3 Å². The Morgan fingerprint density at radius 2 is 2.11 bits per heavy atom. The number of aryl methyl sites for hydroxylation is 1. The zero-order chi connectivity index (χ0) is 13.9. The second-order valence-electron chi connectivity index (χ2n) is 4.89. The molecule has 0 fully saturated rings. The summed E-state index contributed by atoms with van der Waals surface area (Å²) in [4.78, 5) is 10.8. The van der Waals surface area contributed by atoms with Crippen molar-refractivity contribution in [3.63, 3.8) is 0 Å². The van der Waals surface area contributed by atoms with E-state index in [1.165, 1.54) is 0 Å². The van der Waals surface area contributed by atoms with Gasteiger partial charge < -0.3 is 15.7 Å². The lowest BCUT2D eigenvalue weighted by Crippen LogP contribution is -2.39. The van der Waals surface area contributed by atoms with E-state index >= 15 is 0 Å². The average Bonchev–Trinajstić information content (AvgIpc) is 2.23. The lowest BCUT2D eigenvalue weighted by Gasteiger charge is -2.28. The number of rotatable bonds is 5. The second-order valence-corrected chi connectivity index (χ2v) is 5.33. The highest BCUT2D eigenvalue weighted by Gasteiger charge is 2.20. The van der Waals surface area contributed by atoms with E-state index in [-0.39, 0.29) is 4.99 Å². The average molecular weight is 268 g/mol. The van der Waals surface area contributed by atoms with Crippen molar-refractivity contribution in [2.45, 2.75) is 33.3 Å². The zero-order valence-electron chi connectivity index (χ0n) is 11.3. The van der Waals surface area contributed by atoms with Gasteiger partial charge in [-0.05, 0) is 33.8 Å². The van der Waals surface area contributed by atoms with Gasteiger partial charge >= 0.3 is 0 Å². The molecule has 6 heteroatoms. The van der Waals surface area contributed by atoms with Gasteiger partial charge in [-0.25, -0.2) is 9.97 Å². The first kappa shape index (κ1) is 14.8. The molecule has 0 aliphatic heterocycles. The standard InChI is InChI=1S/C12H20N4OS/c1-5-16(7-12(3,4)17)11-14-8(2)6-9(15-11)10(13)18/h6,17H,5,7H2,1-4H3,(H2,13,18). The lowest BCUT2D eigenvalue weighted by atomic mass is 10.1. The maximum Gasteiger partial charge on any atom is 0.226 e. The summed E-state index contributed by atoms with van der Waals surface area (Å²) in [6, 6.07) is 1.75. The summed E-state index contributed by atoms with van der Waals surface area (Å²) in [6.45, 7) is 8.50. The molecule has 5 nitrogen and oxygen atoms in total. The summed E-state index contributed by atoms with van der Waals surface area (Å²) < 4.78 is 0. The van der Waals surface area contributed by atoms with Gasteiger partial charge in [0.15, 0.2) is 0 Å². The Morgan fingerprint density at radius 1 is 1.50 bits per heavy atom. The normalized spacial score (nSPS) is 11.4. The van der Waals surface area contributed by atoms with Crippen molar-refractivity contribution in [2.24, 2.45) is 5.73 Å². The summed E-state index contributed by atoms with van der Waals surface area (Å²) in [5.74, 6) is 0.544. The zero-order valence-corrected chi connectivity index (χ0v) is 12.1. The summed E-state index contributed by atoms with van der Waals surface area (Å²) in [5, 5.41) is 9.88. The number of thiocarbonyl (C=S) groups is 1. The van der Waals surface area contributed by atoms with Crippen LogP contribution in [0.1, 0.15) is 32.2 Å². The Hall–Kier alpha value is -1.27. The molecule has 100 valence electrons. The third-order valence-corrected chi connectivity index (χ3v) is 2.55. The van der Waals surface area contributed by atoms with Crippen molar-refractivity contribution in [1.29, 1.82) is 0 Å². The van der Waals surface area contributed by atoms with Crippen LogP contribution >= 0.6 is 12.2 Å². The third-order valence-electron chi connectivity index (χ3n) is 2.34. The highest BCUT2D eigenvalue weighted by atomic mass is 32.1. The van der Waals surface area contributed by atoms with Gasteiger partial charge in [-0.2, -0.15) is 0 Å². The highest BCUT2D eigenvalue weighted by Crippen LogP contribution is 2.14. The number of aromatic nitrogens is 2. The van der Waals surface area contributed by atoms with E-state index in [0.717, 1.165) is 5.69 Å². The van der Waals surface area contributed by atoms with Crippen LogP contribution in [0.3, 0.4) is 0 Å². The molecule has 0 unspecified atom stereocenters. The van der Waals surface area contributed by atoms with Crippen LogP contribution in [-0.4, -0.2) is 38.8 Å². The number of nitrogens with zero attached hydrogens (tertiary/aromatic N) is 3. The van der Waals surface area contributed by atoms with Gasteiger partial charge in [-0.15, -0.1) is 0 Å². The third kappa shape index (κ3) is 4.19. The highest BCUT2D eigenvalue weighted by molar-refractivity contribution is 7.80. The second kappa shape index (κ2) is 5.58.